The molecule has 0 aliphatic carbocycles. The van der Waals surface area contributed by atoms with Crippen LogP contribution in [0.2, 0.25) is 0 Å². The summed E-state index contributed by atoms with van der Waals surface area (Å²) >= 11 is 17.1. The average Bonchev–Trinajstić information content (AvgIpc) is 2.35. The molecule has 1 atom stereocenters. The van der Waals surface area contributed by atoms with E-state index in [1.807, 2.05) is 0 Å². The molecule has 1 nitrogen and oxygen atoms in total. The highest BCUT2D eigenvalue weighted by molar-refractivity contribution is 6.95. The maximum absolute atomic E-state index is 6.16. The van der Waals surface area contributed by atoms with E-state index in [1.165, 1.54) is 11.1 Å². The predicted octanol–water partition coefficient (Wildman–Crippen LogP) is 6.46. The second kappa shape index (κ2) is 11.4. The van der Waals surface area contributed by atoms with E-state index in [0.717, 1.165) is 31.3 Å². The Morgan fingerprint density at radius 2 is 1.70 bits per heavy atom. The van der Waals surface area contributed by atoms with Gasteiger partial charge < -0.3 is 0 Å². The van der Waals surface area contributed by atoms with E-state index in [9.17, 15) is 0 Å². The Bertz CT molecular complexity index is 387. The molecule has 4 heteroatoms. The second-order valence-corrected chi connectivity index (χ2v) is 6.55. The lowest BCUT2D eigenvalue weighted by Crippen LogP contribution is -2.06. The third-order valence-electron chi connectivity index (χ3n) is 2.86. The molecule has 0 unspecified atom stereocenters. The molecule has 0 rings (SSSR count). The molecule has 20 heavy (non-hydrogen) atoms. The minimum Gasteiger partial charge on any atom is -0.261 e. The van der Waals surface area contributed by atoms with Gasteiger partial charge in [-0.3, -0.25) is 4.99 Å². The summed E-state index contributed by atoms with van der Waals surface area (Å²) in [5.41, 5.74) is 3.75. The van der Waals surface area contributed by atoms with Gasteiger partial charge in [-0.25, -0.2) is 0 Å². The van der Waals surface area contributed by atoms with Crippen LogP contribution in [0, 0.1) is 0 Å². The molecule has 0 aromatic rings. The summed E-state index contributed by atoms with van der Waals surface area (Å²) in [7, 11) is 0. The van der Waals surface area contributed by atoms with Gasteiger partial charge in [0.2, 0.25) is 0 Å². The van der Waals surface area contributed by atoms with Gasteiger partial charge in [0.25, 0.3) is 0 Å². The molecule has 0 saturated heterocycles. The number of rotatable bonds is 9. The first kappa shape index (κ1) is 19.8. The van der Waals surface area contributed by atoms with Crippen LogP contribution in [-0.2, 0) is 0 Å². The quantitative estimate of drug-likeness (QED) is 0.260. The van der Waals surface area contributed by atoms with Crippen LogP contribution in [0.15, 0.2) is 40.4 Å². The van der Waals surface area contributed by atoms with Crippen LogP contribution in [0.4, 0.5) is 0 Å². The zero-order valence-corrected chi connectivity index (χ0v) is 14.8. The molecule has 0 saturated carbocycles. The number of halogens is 3. The van der Waals surface area contributed by atoms with Crippen LogP contribution in [0.1, 0.15) is 46.5 Å². The number of nitrogens with zero attached hydrogens (tertiary/aromatic N) is 1. The minimum atomic E-state index is -0.207. The summed E-state index contributed by atoms with van der Waals surface area (Å²) < 4.78 is 0.0125. The summed E-state index contributed by atoms with van der Waals surface area (Å²) in [6.45, 7) is 10.8. The maximum atomic E-state index is 6.16. The zero-order valence-electron chi connectivity index (χ0n) is 12.6. The van der Waals surface area contributed by atoms with E-state index in [4.69, 9.17) is 34.8 Å². The van der Waals surface area contributed by atoms with Crippen molar-refractivity contribution in [1.82, 2.24) is 0 Å². The Kier molecular flexibility index (Phi) is 11.3. The van der Waals surface area contributed by atoms with Crippen molar-refractivity contribution in [2.45, 2.75) is 51.8 Å². The van der Waals surface area contributed by atoms with Crippen molar-refractivity contribution < 1.29 is 0 Å². The summed E-state index contributed by atoms with van der Waals surface area (Å²) in [4.78, 5) is 3.88. The second-order valence-electron chi connectivity index (χ2n) is 5.12. The van der Waals surface area contributed by atoms with Gasteiger partial charge in [0.05, 0.1) is 11.9 Å². The van der Waals surface area contributed by atoms with Crippen molar-refractivity contribution in [2.75, 3.05) is 6.54 Å². The van der Waals surface area contributed by atoms with Crippen LogP contribution in [-0.4, -0.2) is 16.6 Å². The van der Waals surface area contributed by atoms with Crippen LogP contribution in [0.5, 0.6) is 0 Å². The van der Waals surface area contributed by atoms with Gasteiger partial charge >= 0.3 is 0 Å². The molecule has 0 aliphatic rings. The molecule has 0 fully saturated rings. The molecule has 0 aliphatic heterocycles. The molecule has 0 heterocycles. The van der Waals surface area contributed by atoms with Gasteiger partial charge in [0.15, 0.2) is 4.63 Å². The Balaban J connectivity index is 4.00. The molecule has 0 spiro atoms. The van der Waals surface area contributed by atoms with Gasteiger partial charge in [0, 0.05) is 0 Å². The number of hydrogen-bond acceptors (Lipinski definition) is 1. The van der Waals surface area contributed by atoms with Crippen molar-refractivity contribution in [3.8, 4) is 0 Å². The Labute approximate surface area is 138 Å². The van der Waals surface area contributed by atoms with Gasteiger partial charge in [0.1, 0.15) is 0 Å². The number of alkyl halides is 1. The molecule has 0 aromatic heterocycles. The normalized spacial score (nSPS) is 12.8. The molecule has 0 aromatic carbocycles. The zero-order chi connectivity index (χ0) is 15.5. The SMILES string of the molecule is C=C(CC/C=C(\C)CCC=C(C)C)[C@H](Cl)CN=C(Cl)Cl. The van der Waals surface area contributed by atoms with Gasteiger partial charge in [-0.2, -0.15) is 0 Å². The van der Waals surface area contributed by atoms with Crippen LogP contribution < -0.4 is 0 Å². The van der Waals surface area contributed by atoms with Gasteiger partial charge in [-0.05, 0) is 69.7 Å². The predicted molar refractivity (Wildman–Crippen MR) is 94.4 cm³/mol. The van der Waals surface area contributed by atoms with E-state index < -0.39 is 0 Å². The molecular weight excluding hydrogens is 313 g/mol. The summed E-state index contributed by atoms with van der Waals surface area (Å²) in [5.74, 6) is 0. The molecule has 0 bridgehead atoms. The summed E-state index contributed by atoms with van der Waals surface area (Å²) in [6.07, 6.45) is 8.55. The van der Waals surface area contributed by atoms with E-state index in [1.54, 1.807) is 0 Å². The third kappa shape index (κ3) is 11.6. The number of hydrogen-bond donors (Lipinski definition) is 0. The van der Waals surface area contributed by atoms with Crippen LogP contribution in [0.25, 0.3) is 0 Å². The number of allylic oxidation sites excluding steroid dienone is 4. The van der Waals surface area contributed by atoms with Crippen molar-refractivity contribution in [2.24, 2.45) is 4.99 Å². The first-order chi connectivity index (χ1) is 9.32. The van der Waals surface area contributed by atoms with Crippen molar-refractivity contribution in [3.05, 3.63) is 35.5 Å². The monoisotopic (exact) mass is 335 g/mol. The van der Waals surface area contributed by atoms with Gasteiger partial charge in [-0.15, -0.1) is 11.6 Å². The first-order valence-electron chi connectivity index (χ1n) is 6.79. The fraction of sp³-hybridized carbons (Fsp3) is 0.562. The van der Waals surface area contributed by atoms with E-state index >= 15 is 0 Å². The molecule has 0 amide bonds. The smallest absolute Gasteiger partial charge is 0.192 e. The fourth-order valence-electron chi connectivity index (χ4n) is 1.63. The standard InChI is InChI=1S/C16H24Cl3N/c1-12(2)7-5-8-13(3)9-6-10-14(4)15(17)11-20-16(18)19/h7,9,15H,4-6,8,10-11H2,1-3H3/b13-9+/t15-/m1/s1. The van der Waals surface area contributed by atoms with Crippen molar-refractivity contribution >= 4 is 39.4 Å². The molecule has 0 N–H and O–H groups in total. The molecule has 114 valence electrons. The van der Waals surface area contributed by atoms with Crippen LogP contribution >= 0.6 is 34.8 Å². The van der Waals surface area contributed by atoms with E-state index in [0.29, 0.717) is 6.54 Å². The largest absolute Gasteiger partial charge is 0.261 e. The highest BCUT2D eigenvalue weighted by Gasteiger charge is 2.07. The Morgan fingerprint density at radius 3 is 2.25 bits per heavy atom. The summed E-state index contributed by atoms with van der Waals surface area (Å²) in [5, 5.41) is -0.207. The van der Waals surface area contributed by atoms with Crippen LogP contribution in [0.3, 0.4) is 0 Å². The highest BCUT2D eigenvalue weighted by atomic mass is 35.5. The molecule has 0 radical (unpaired) electrons. The fourth-order valence-corrected chi connectivity index (χ4v) is 1.95. The number of aliphatic imine (C=N–C) groups is 1. The minimum absolute atomic E-state index is 0.0125. The third-order valence-corrected chi connectivity index (χ3v) is 3.55. The van der Waals surface area contributed by atoms with Crippen molar-refractivity contribution in [1.29, 1.82) is 0 Å². The molecular formula is C16H24Cl3N. The lowest BCUT2D eigenvalue weighted by Gasteiger charge is -2.09. The lowest BCUT2D eigenvalue weighted by molar-refractivity contribution is 0.858. The Morgan fingerprint density at radius 1 is 1.10 bits per heavy atom. The first-order valence-corrected chi connectivity index (χ1v) is 7.98. The topological polar surface area (TPSA) is 12.4 Å². The highest BCUT2D eigenvalue weighted by Crippen LogP contribution is 2.17. The summed E-state index contributed by atoms with van der Waals surface area (Å²) in [6, 6.07) is 0. The van der Waals surface area contributed by atoms with E-state index in [-0.39, 0.29) is 10.0 Å². The van der Waals surface area contributed by atoms with Crippen molar-refractivity contribution in [3.63, 3.8) is 0 Å². The average molecular weight is 337 g/mol. The van der Waals surface area contributed by atoms with E-state index in [2.05, 4.69) is 44.5 Å². The maximum Gasteiger partial charge on any atom is 0.192 e. The Hall–Kier alpha value is -0.240. The van der Waals surface area contributed by atoms with Gasteiger partial charge in [-0.1, -0.05) is 35.5 Å². The lowest BCUT2D eigenvalue weighted by atomic mass is 10.0.